The van der Waals surface area contributed by atoms with Crippen molar-refractivity contribution in [3.8, 4) is 0 Å². The predicted octanol–water partition coefficient (Wildman–Crippen LogP) is 3.21. The third kappa shape index (κ3) is 4.65. The summed E-state index contributed by atoms with van der Waals surface area (Å²) >= 11 is 7.40. The van der Waals surface area contributed by atoms with Crippen molar-refractivity contribution < 1.29 is 4.79 Å². The molecule has 0 aromatic heterocycles. The maximum atomic E-state index is 12.0. The standard InChI is InChI=1S/C14H17ClN2OS/c1-3-8-17(9-4-2)13(18)10-19-14-11(15)6-5-7-12(14)16/h3-7H,1-2,8-10,16H2. The largest absolute Gasteiger partial charge is 0.398 e. The van der Waals surface area contributed by atoms with E-state index in [-0.39, 0.29) is 11.7 Å². The van der Waals surface area contributed by atoms with Crippen molar-refractivity contribution in [3.05, 3.63) is 48.5 Å². The van der Waals surface area contributed by atoms with Crippen LogP contribution >= 0.6 is 23.4 Å². The van der Waals surface area contributed by atoms with Crippen molar-refractivity contribution in [2.45, 2.75) is 4.90 Å². The third-order valence-electron chi connectivity index (χ3n) is 2.39. The number of hydrogen-bond donors (Lipinski definition) is 1. The Balaban J connectivity index is 2.67. The third-order valence-corrected chi connectivity index (χ3v) is 3.95. The number of carbonyl (C=O) groups excluding carboxylic acids is 1. The summed E-state index contributed by atoms with van der Waals surface area (Å²) in [6.45, 7) is 8.28. The minimum atomic E-state index is 0.00381. The molecule has 0 atom stereocenters. The fraction of sp³-hybridized carbons (Fsp3) is 0.214. The van der Waals surface area contributed by atoms with Crippen molar-refractivity contribution in [2.24, 2.45) is 0 Å². The first-order valence-corrected chi connectivity index (χ1v) is 7.12. The first-order chi connectivity index (χ1) is 9.10. The van der Waals surface area contributed by atoms with E-state index < -0.39 is 0 Å². The van der Waals surface area contributed by atoms with Crippen LogP contribution in [0.2, 0.25) is 5.02 Å². The van der Waals surface area contributed by atoms with Crippen LogP contribution in [0.25, 0.3) is 0 Å². The molecule has 1 aromatic rings. The van der Waals surface area contributed by atoms with Gasteiger partial charge in [0.05, 0.1) is 10.8 Å². The molecule has 0 heterocycles. The van der Waals surface area contributed by atoms with Crippen molar-refractivity contribution >= 4 is 35.0 Å². The molecule has 0 fully saturated rings. The number of carbonyl (C=O) groups is 1. The number of rotatable bonds is 7. The van der Waals surface area contributed by atoms with Gasteiger partial charge in [-0.15, -0.1) is 24.9 Å². The van der Waals surface area contributed by atoms with Crippen molar-refractivity contribution in [3.63, 3.8) is 0 Å². The molecule has 102 valence electrons. The molecule has 0 aliphatic heterocycles. The summed E-state index contributed by atoms with van der Waals surface area (Å²) in [5, 5.41) is 0.566. The molecule has 1 amide bonds. The van der Waals surface area contributed by atoms with Gasteiger partial charge in [-0.05, 0) is 12.1 Å². The fourth-order valence-electron chi connectivity index (χ4n) is 1.49. The highest BCUT2D eigenvalue weighted by Gasteiger charge is 2.13. The molecule has 5 heteroatoms. The molecule has 0 aliphatic carbocycles. The van der Waals surface area contributed by atoms with Gasteiger partial charge in [0.2, 0.25) is 5.91 Å². The Morgan fingerprint density at radius 1 is 1.37 bits per heavy atom. The Kier molecular flexibility index (Phi) is 6.53. The second kappa shape index (κ2) is 7.92. The van der Waals surface area contributed by atoms with Gasteiger partial charge in [-0.25, -0.2) is 0 Å². The monoisotopic (exact) mass is 296 g/mol. The maximum Gasteiger partial charge on any atom is 0.233 e. The van der Waals surface area contributed by atoms with Crippen LogP contribution in [0.4, 0.5) is 5.69 Å². The zero-order valence-corrected chi connectivity index (χ0v) is 12.2. The smallest absolute Gasteiger partial charge is 0.233 e. The highest BCUT2D eigenvalue weighted by atomic mass is 35.5. The Bertz CT molecular complexity index is 446. The van der Waals surface area contributed by atoms with Gasteiger partial charge in [0.25, 0.3) is 0 Å². The SMILES string of the molecule is C=CCN(CC=C)C(=O)CSc1c(N)cccc1Cl. The second-order valence-electron chi connectivity index (χ2n) is 3.82. The van der Waals surface area contributed by atoms with E-state index in [1.165, 1.54) is 11.8 Å². The van der Waals surface area contributed by atoms with Crippen molar-refractivity contribution in [1.82, 2.24) is 4.90 Å². The number of halogens is 1. The number of hydrogen-bond acceptors (Lipinski definition) is 3. The molecular weight excluding hydrogens is 280 g/mol. The lowest BCUT2D eigenvalue weighted by atomic mass is 10.3. The summed E-state index contributed by atoms with van der Waals surface area (Å²) in [5.74, 6) is 0.291. The van der Waals surface area contributed by atoms with Crippen LogP contribution in [0.5, 0.6) is 0 Å². The number of amides is 1. The summed E-state index contributed by atoms with van der Waals surface area (Å²) in [5.41, 5.74) is 6.43. The molecule has 0 saturated carbocycles. The number of nitrogens with zero attached hydrogens (tertiary/aromatic N) is 1. The van der Waals surface area contributed by atoms with E-state index in [0.717, 1.165) is 4.90 Å². The maximum absolute atomic E-state index is 12.0. The Labute approximate surface area is 123 Å². The number of anilines is 1. The van der Waals surface area contributed by atoms with Crippen LogP contribution in [0.3, 0.4) is 0 Å². The lowest BCUT2D eigenvalue weighted by Gasteiger charge is -2.19. The van der Waals surface area contributed by atoms with E-state index in [2.05, 4.69) is 13.2 Å². The molecule has 0 saturated heterocycles. The Morgan fingerprint density at radius 2 is 2.00 bits per heavy atom. The molecule has 1 aromatic carbocycles. The van der Waals surface area contributed by atoms with Gasteiger partial charge in [-0.2, -0.15) is 0 Å². The van der Waals surface area contributed by atoms with Gasteiger partial charge in [-0.3, -0.25) is 4.79 Å². The highest BCUT2D eigenvalue weighted by molar-refractivity contribution is 8.00. The van der Waals surface area contributed by atoms with Crippen molar-refractivity contribution in [2.75, 3.05) is 24.6 Å². The van der Waals surface area contributed by atoms with E-state index in [1.54, 1.807) is 35.3 Å². The first kappa shape index (κ1) is 15.7. The average Bonchev–Trinajstić information content (AvgIpc) is 2.37. The van der Waals surface area contributed by atoms with E-state index in [0.29, 0.717) is 23.8 Å². The van der Waals surface area contributed by atoms with Gasteiger partial charge in [-0.1, -0.05) is 29.8 Å². The van der Waals surface area contributed by atoms with Crippen LogP contribution in [0, 0.1) is 0 Å². The molecular formula is C14H17ClN2OS. The molecule has 0 bridgehead atoms. The second-order valence-corrected chi connectivity index (χ2v) is 5.22. The van der Waals surface area contributed by atoms with Crippen LogP contribution < -0.4 is 5.73 Å². The normalized spacial score (nSPS) is 9.95. The molecule has 2 N–H and O–H groups in total. The van der Waals surface area contributed by atoms with E-state index >= 15 is 0 Å². The minimum Gasteiger partial charge on any atom is -0.398 e. The fourth-order valence-corrected chi connectivity index (χ4v) is 2.73. The number of benzene rings is 1. The molecule has 0 radical (unpaired) electrons. The quantitative estimate of drug-likeness (QED) is 0.477. The molecule has 0 aliphatic rings. The topological polar surface area (TPSA) is 46.3 Å². The molecule has 0 unspecified atom stereocenters. The van der Waals surface area contributed by atoms with Crippen LogP contribution in [0.1, 0.15) is 0 Å². The van der Waals surface area contributed by atoms with Gasteiger partial charge >= 0.3 is 0 Å². The number of nitrogens with two attached hydrogens (primary N) is 1. The summed E-state index contributed by atoms with van der Waals surface area (Å²) < 4.78 is 0. The first-order valence-electron chi connectivity index (χ1n) is 5.76. The summed E-state index contributed by atoms with van der Waals surface area (Å²) in [6, 6.07) is 5.31. The van der Waals surface area contributed by atoms with E-state index in [1.807, 2.05) is 0 Å². The number of nitrogen functional groups attached to an aromatic ring is 1. The van der Waals surface area contributed by atoms with E-state index in [4.69, 9.17) is 17.3 Å². The lowest BCUT2D eigenvalue weighted by Crippen LogP contribution is -2.32. The summed E-state index contributed by atoms with van der Waals surface area (Å²) in [6.07, 6.45) is 3.38. The van der Waals surface area contributed by atoms with Crippen LogP contribution in [-0.2, 0) is 4.79 Å². The highest BCUT2D eigenvalue weighted by Crippen LogP contribution is 2.32. The Hall–Kier alpha value is -1.39. The van der Waals surface area contributed by atoms with Gasteiger partial charge < -0.3 is 10.6 Å². The zero-order valence-electron chi connectivity index (χ0n) is 10.6. The van der Waals surface area contributed by atoms with Crippen LogP contribution in [0.15, 0.2) is 48.4 Å². The molecule has 19 heavy (non-hydrogen) atoms. The average molecular weight is 297 g/mol. The summed E-state index contributed by atoms with van der Waals surface area (Å²) in [7, 11) is 0. The van der Waals surface area contributed by atoms with Crippen LogP contribution in [-0.4, -0.2) is 29.6 Å². The molecule has 1 rings (SSSR count). The van der Waals surface area contributed by atoms with Gasteiger partial charge in [0, 0.05) is 23.7 Å². The van der Waals surface area contributed by atoms with Crippen molar-refractivity contribution in [1.29, 1.82) is 0 Å². The molecule has 3 nitrogen and oxygen atoms in total. The predicted molar refractivity (Wildman–Crippen MR) is 83.6 cm³/mol. The number of thioether (sulfide) groups is 1. The van der Waals surface area contributed by atoms with E-state index in [9.17, 15) is 4.79 Å². The lowest BCUT2D eigenvalue weighted by molar-refractivity contribution is -0.127. The zero-order chi connectivity index (χ0) is 14.3. The minimum absolute atomic E-state index is 0.00381. The van der Waals surface area contributed by atoms with Gasteiger partial charge in [0.1, 0.15) is 0 Å². The Morgan fingerprint density at radius 3 is 2.53 bits per heavy atom. The van der Waals surface area contributed by atoms with Gasteiger partial charge in [0.15, 0.2) is 0 Å². The molecule has 0 spiro atoms. The summed E-state index contributed by atoms with van der Waals surface area (Å²) in [4.78, 5) is 14.5.